The smallest absolute Gasteiger partial charge is 0.252 e. The zero-order valence-corrected chi connectivity index (χ0v) is 17.8. The number of anilines is 1. The number of benzene rings is 1. The summed E-state index contributed by atoms with van der Waals surface area (Å²) in [5.74, 6) is 2.20. The van der Waals surface area contributed by atoms with Crippen molar-refractivity contribution in [2.45, 2.75) is 38.5 Å². The Kier molecular flexibility index (Phi) is 5.01. The normalized spacial score (nSPS) is 15.0. The van der Waals surface area contributed by atoms with E-state index in [1.165, 1.54) is 16.8 Å². The van der Waals surface area contributed by atoms with Crippen LogP contribution in [0.2, 0.25) is 0 Å². The summed E-state index contributed by atoms with van der Waals surface area (Å²) in [4.78, 5) is 32.1. The molecule has 1 fully saturated rings. The lowest BCUT2D eigenvalue weighted by atomic mass is 10.1. The molecule has 3 heterocycles. The van der Waals surface area contributed by atoms with Gasteiger partial charge in [0.2, 0.25) is 18.6 Å². The molecule has 1 aliphatic carbocycles. The molecule has 1 saturated carbocycles. The van der Waals surface area contributed by atoms with Crippen molar-refractivity contribution in [3.8, 4) is 17.4 Å². The van der Waals surface area contributed by atoms with Crippen molar-refractivity contribution < 1.29 is 14.3 Å². The van der Waals surface area contributed by atoms with Crippen molar-refractivity contribution in [2.75, 3.05) is 12.1 Å². The maximum Gasteiger partial charge on any atom is 0.252 e. The second-order valence-corrected chi connectivity index (χ2v) is 8.22. The average molecular weight is 433 g/mol. The highest BCUT2D eigenvalue weighted by molar-refractivity contribution is 6.01. The molecule has 1 aromatic carbocycles. The van der Waals surface area contributed by atoms with E-state index in [9.17, 15) is 9.59 Å². The number of nitrogens with zero attached hydrogens (tertiary/aromatic N) is 3. The standard InChI is InChI=1S/C23H23N5O4/c1-13(2)16-11-22(30)26-23(24-16)28-20(10-17(27-28)15-5-6-15)25-21(29)8-4-14-3-7-18-19(9-14)32-12-31-18/h3-4,7-11,13,15H,5-6,12H2,1-2H3,(H,25,29)(H,24,26,30)/b8-4-. The molecule has 1 amide bonds. The molecule has 3 aromatic rings. The Morgan fingerprint density at radius 2 is 2.03 bits per heavy atom. The molecular weight excluding hydrogens is 410 g/mol. The highest BCUT2D eigenvalue weighted by atomic mass is 16.7. The fourth-order valence-electron chi connectivity index (χ4n) is 3.44. The molecule has 32 heavy (non-hydrogen) atoms. The van der Waals surface area contributed by atoms with Crippen LogP contribution in [-0.2, 0) is 4.79 Å². The molecule has 2 aromatic heterocycles. The van der Waals surface area contributed by atoms with Crippen LogP contribution < -0.4 is 20.3 Å². The quantitative estimate of drug-likeness (QED) is 0.577. The lowest BCUT2D eigenvalue weighted by molar-refractivity contribution is -0.111. The second kappa shape index (κ2) is 7.99. The van der Waals surface area contributed by atoms with E-state index < -0.39 is 0 Å². The largest absolute Gasteiger partial charge is 0.454 e. The fourth-order valence-corrected chi connectivity index (χ4v) is 3.44. The molecule has 5 rings (SSSR count). The van der Waals surface area contributed by atoms with Crippen molar-refractivity contribution in [1.29, 1.82) is 0 Å². The Hall–Kier alpha value is -3.88. The van der Waals surface area contributed by atoms with E-state index in [1.807, 2.05) is 32.0 Å². The summed E-state index contributed by atoms with van der Waals surface area (Å²) >= 11 is 0. The highest BCUT2D eigenvalue weighted by Gasteiger charge is 2.28. The van der Waals surface area contributed by atoms with Gasteiger partial charge in [-0.25, -0.2) is 4.98 Å². The summed E-state index contributed by atoms with van der Waals surface area (Å²) in [7, 11) is 0. The topological polar surface area (TPSA) is 111 Å². The van der Waals surface area contributed by atoms with Gasteiger partial charge in [0.15, 0.2) is 11.5 Å². The maximum atomic E-state index is 12.7. The Labute approximate surface area is 184 Å². The van der Waals surface area contributed by atoms with Gasteiger partial charge in [-0.3, -0.25) is 14.6 Å². The summed E-state index contributed by atoms with van der Waals surface area (Å²) in [5.41, 5.74) is 2.08. The maximum absolute atomic E-state index is 12.7. The number of nitrogens with one attached hydrogen (secondary N) is 2. The van der Waals surface area contributed by atoms with Crippen molar-refractivity contribution in [3.05, 3.63) is 63.7 Å². The molecule has 2 aliphatic rings. The van der Waals surface area contributed by atoms with E-state index in [-0.39, 0.29) is 30.1 Å². The summed E-state index contributed by atoms with van der Waals surface area (Å²) in [6.07, 6.45) is 5.25. The minimum absolute atomic E-state index is 0.0807. The van der Waals surface area contributed by atoms with Crippen LogP contribution in [0.25, 0.3) is 12.0 Å². The van der Waals surface area contributed by atoms with E-state index in [0.29, 0.717) is 28.9 Å². The molecule has 0 bridgehead atoms. The van der Waals surface area contributed by atoms with Gasteiger partial charge in [0.25, 0.3) is 5.56 Å². The van der Waals surface area contributed by atoms with Crippen LogP contribution in [0.15, 0.2) is 41.2 Å². The van der Waals surface area contributed by atoms with E-state index in [1.54, 1.807) is 12.1 Å². The van der Waals surface area contributed by atoms with Crippen LogP contribution >= 0.6 is 0 Å². The van der Waals surface area contributed by atoms with Crippen LogP contribution in [0.5, 0.6) is 11.5 Å². The molecule has 9 heteroatoms. The van der Waals surface area contributed by atoms with Gasteiger partial charge in [0.05, 0.1) is 11.4 Å². The number of aromatic nitrogens is 4. The first-order valence-corrected chi connectivity index (χ1v) is 10.6. The molecule has 164 valence electrons. The van der Waals surface area contributed by atoms with E-state index in [0.717, 1.165) is 24.1 Å². The van der Waals surface area contributed by atoms with Gasteiger partial charge < -0.3 is 14.8 Å². The van der Waals surface area contributed by atoms with Gasteiger partial charge in [-0.1, -0.05) is 19.9 Å². The minimum atomic E-state index is -0.325. The number of carbonyl (C=O) groups is 1. The van der Waals surface area contributed by atoms with Crippen LogP contribution in [-0.4, -0.2) is 32.4 Å². The first kappa shape index (κ1) is 20.0. The summed E-state index contributed by atoms with van der Waals surface area (Å²) in [6.45, 7) is 4.13. The first-order chi connectivity index (χ1) is 15.5. The molecule has 2 N–H and O–H groups in total. The molecule has 1 aliphatic heterocycles. The van der Waals surface area contributed by atoms with E-state index in [4.69, 9.17) is 9.47 Å². The number of aromatic amines is 1. The number of rotatable bonds is 6. The monoisotopic (exact) mass is 433 g/mol. The van der Waals surface area contributed by atoms with Crippen molar-refractivity contribution in [1.82, 2.24) is 19.7 Å². The molecule has 0 atom stereocenters. The van der Waals surface area contributed by atoms with Crippen molar-refractivity contribution in [2.24, 2.45) is 0 Å². The lowest BCUT2D eigenvalue weighted by Gasteiger charge is -2.09. The molecule has 0 unspecified atom stereocenters. The van der Waals surface area contributed by atoms with Crippen LogP contribution in [0, 0.1) is 0 Å². The molecule has 0 spiro atoms. The number of fused-ring (bicyclic) bond motifs is 1. The number of hydrogen-bond donors (Lipinski definition) is 2. The summed E-state index contributed by atoms with van der Waals surface area (Å²) in [6, 6.07) is 8.78. The third-order valence-electron chi connectivity index (χ3n) is 5.34. The third-order valence-corrected chi connectivity index (χ3v) is 5.34. The molecule has 0 saturated heterocycles. The average Bonchev–Trinajstić information content (AvgIpc) is 3.36. The van der Waals surface area contributed by atoms with Crippen LogP contribution in [0.3, 0.4) is 0 Å². The minimum Gasteiger partial charge on any atom is -0.454 e. The number of H-pyrrole nitrogens is 1. The van der Waals surface area contributed by atoms with Gasteiger partial charge >= 0.3 is 0 Å². The first-order valence-electron chi connectivity index (χ1n) is 10.6. The fraction of sp³-hybridized carbons (Fsp3) is 0.304. The highest BCUT2D eigenvalue weighted by Crippen LogP contribution is 2.40. The van der Waals surface area contributed by atoms with Crippen LogP contribution in [0.4, 0.5) is 5.82 Å². The van der Waals surface area contributed by atoms with Gasteiger partial charge in [0, 0.05) is 24.1 Å². The van der Waals surface area contributed by atoms with E-state index in [2.05, 4.69) is 20.4 Å². The van der Waals surface area contributed by atoms with E-state index >= 15 is 0 Å². The lowest BCUT2D eigenvalue weighted by Crippen LogP contribution is -2.18. The molecular formula is C23H23N5O4. The number of ether oxygens (including phenoxy) is 2. The molecule has 0 radical (unpaired) electrons. The number of hydrogen-bond acceptors (Lipinski definition) is 6. The van der Waals surface area contributed by atoms with Gasteiger partial charge in [0.1, 0.15) is 5.82 Å². The van der Waals surface area contributed by atoms with Gasteiger partial charge in [-0.2, -0.15) is 9.78 Å². The Balaban J connectivity index is 1.41. The van der Waals surface area contributed by atoms with Crippen LogP contribution in [0.1, 0.15) is 55.5 Å². The third kappa shape index (κ3) is 4.14. The van der Waals surface area contributed by atoms with Gasteiger partial charge in [-0.15, -0.1) is 0 Å². The zero-order chi connectivity index (χ0) is 22.2. The predicted molar refractivity (Wildman–Crippen MR) is 118 cm³/mol. The number of carbonyl (C=O) groups excluding carboxylic acids is 1. The Morgan fingerprint density at radius 3 is 2.81 bits per heavy atom. The molecule has 9 nitrogen and oxygen atoms in total. The Morgan fingerprint density at radius 1 is 1.22 bits per heavy atom. The van der Waals surface area contributed by atoms with Crippen molar-refractivity contribution >= 4 is 17.8 Å². The number of amides is 1. The predicted octanol–water partition coefficient (Wildman–Crippen LogP) is 3.34. The van der Waals surface area contributed by atoms with Crippen molar-refractivity contribution in [3.63, 3.8) is 0 Å². The summed E-state index contributed by atoms with van der Waals surface area (Å²) in [5, 5.41) is 7.47. The summed E-state index contributed by atoms with van der Waals surface area (Å²) < 4.78 is 12.2. The SMILES string of the molecule is CC(C)c1cc(=O)[nH]c(-n2nc(C3CC3)cc2NC(=O)/C=C\c2ccc3c(c2)OCO3)n1. The Bertz CT molecular complexity index is 1270. The van der Waals surface area contributed by atoms with Gasteiger partial charge in [-0.05, 0) is 42.5 Å². The second-order valence-electron chi connectivity index (χ2n) is 8.22. The zero-order valence-electron chi connectivity index (χ0n) is 17.8.